The molecule has 0 spiro atoms. The van der Waals surface area contributed by atoms with E-state index in [9.17, 15) is 9.18 Å². The summed E-state index contributed by atoms with van der Waals surface area (Å²) in [5.41, 5.74) is 5.53. The van der Waals surface area contributed by atoms with Crippen molar-refractivity contribution in [3.63, 3.8) is 0 Å². The van der Waals surface area contributed by atoms with Crippen molar-refractivity contribution >= 4 is 17.3 Å². The highest BCUT2D eigenvalue weighted by Gasteiger charge is 2.56. The zero-order chi connectivity index (χ0) is 23.6. The Morgan fingerprint density at radius 2 is 1.97 bits per heavy atom. The van der Waals surface area contributed by atoms with E-state index in [1.807, 2.05) is 0 Å². The number of aromatic nitrogens is 1. The first-order chi connectivity index (χ1) is 16.3. The predicted molar refractivity (Wildman–Crippen MR) is 133 cm³/mol. The van der Waals surface area contributed by atoms with Gasteiger partial charge in [0, 0.05) is 25.2 Å². The Bertz CT molecular complexity index is 1280. The largest absolute Gasteiger partial charge is 0.341 e. The van der Waals surface area contributed by atoms with Crippen LogP contribution in [0.4, 0.5) is 10.1 Å². The van der Waals surface area contributed by atoms with Gasteiger partial charge in [-0.3, -0.25) is 9.78 Å². The van der Waals surface area contributed by atoms with E-state index in [1.54, 1.807) is 0 Å². The van der Waals surface area contributed by atoms with Gasteiger partial charge in [-0.1, -0.05) is 12.5 Å². The van der Waals surface area contributed by atoms with E-state index in [4.69, 9.17) is 9.98 Å². The van der Waals surface area contributed by atoms with Crippen LogP contribution >= 0.6 is 0 Å². The van der Waals surface area contributed by atoms with Gasteiger partial charge in [0.2, 0.25) is 0 Å². The number of benzene rings is 1. The van der Waals surface area contributed by atoms with Gasteiger partial charge in [-0.05, 0) is 93.5 Å². The first kappa shape index (κ1) is 21.3. The maximum absolute atomic E-state index is 13.3. The number of amides is 1. The summed E-state index contributed by atoms with van der Waals surface area (Å²) in [7, 11) is 0. The maximum atomic E-state index is 13.3. The van der Waals surface area contributed by atoms with Crippen molar-refractivity contribution in [2.24, 2.45) is 16.8 Å². The lowest BCUT2D eigenvalue weighted by atomic mass is 10.0. The fourth-order valence-corrected chi connectivity index (χ4v) is 5.54. The lowest BCUT2D eigenvalue weighted by Gasteiger charge is -2.31. The normalized spacial score (nSPS) is 29.1. The summed E-state index contributed by atoms with van der Waals surface area (Å²) >= 11 is 0. The van der Waals surface area contributed by atoms with Gasteiger partial charge in [0.05, 0.1) is 22.6 Å². The van der Waals surface area contributed by atoms with Crippen LogP contribution in [0.1, 0.15) is 69.1 Å². The minimum atomic E-state index is -0.468. The van der Waals surface area contributed by atoms with Crippen molar-refractivity contribution in [1.29, 1.82) is 0 Å². The summed E-state index contributed by atoms with van der Waals surface area (Å²) in [5.74, 6) is 1.85. The van der Waals surface area contributed by atoms with Crippen molar-refractivity contribution in [3.8, 4) is 0 Å². The molecular weight excluding hydrogens is 427 g/mol. The molecule has 2 aliphatic carbocycles. The molecule has 4 aliphatic rings. The lowest BCUT2D eigenvalue weighted by Crippen LogP contribution is -2.37. The molecule has 1 amide bonds. The standard InChI is InChI=1S/C28H29FN4O.H2/c1-16-4-11-25(30-18(3)12-16)33-15-20-13-22(20)26-23(33)9-10-24(31-26)28(14-17(28)2)32-27(34)19-5-7-21(29)8-6-19;/h5-12,17,20,22H,4,13-15H2,1-3H3,(H,32,34);1H/t17-,20-,22-,28-;/m1./s1. The molecule has 2 aliphatic heterocycles. The first-order valence-corrected chi connectivity index (χ1v) is 12.1. The second-order valence-corrected chi connectivity index (χ2v) is 10.4. The topological polar surface area (TPSA) is 57.6 Å². The van der Waals surface area contributed by atoms with Crippen LogP contribution in [0.5, 0.6) is 0 Å². The van der Waals surface area contributed by atoms with Gasteiger partial charge in [0.1, 0.15) is 11.6 Å². The predicted octanol–water partition coefficient (Wildman–Crippen LogP) is 5.71. The van der Waals surface area contributed by atoms with Crippen molar-refractivity contribution in [2.45, 2.75) is 51.5 Å². The third kappa shape index (κ3) is 3.56. The summed E-state index contributed by atoms with van der Waals surface area (Å²) in [4.78, 5) is 25.3. The number of anilines is 1. The van der Waals surface area contributed by atoms with Crippen LogP contribution in [0.2, 0.25) is 0 Å². The monoisotopic (exact) mass is 458 g/mol. The molecule has 2 aromatic rings. The minimum Gasteiger partial charge on any atom is -0.341 e. The van der Waals surface area contributed by atoms with Gasteiger partial charge in [-0.25, -0.2) is 9.38 Å². The highest BCUT2D eigenvalue weighted by Crippen LogP contribution is 2.57. The highest BCUT2D eigenvalue weighted by molar-refractivity contribution is 5.95. The molecule has 5 nitrogen and oxygen atoms in total. The van der Waals surface area contributed by atoms with Crippen molar-refractivity contribution in [2.75, 3.05) is 11.4 Å². The Kier molecular flexibility index (Phi) is 4.77. The Balaban J connectivity index is 0.00000253. The fourth-order valence-electron chi connectivity index (χ4n) is 5.54. The first-order valence-electron chi connectivity index (χ1n) is 12.1. The van der Waals surface area contributed by atoms with Gasteiger partial charge in [-0.2, -0.15) is 0 Å². The molecule has 1 aromatic heterocycles. The Labute approximate surface area is 201 Å². The molecule has 2 fully saturated rings. The van der Waals surface area contributed by atoms with E-state index in [2.05, 4.69) is 55.3 Å². The Morgan fingerprint density at radius 1 is 1.21 bits per heavy atom. The highest BCUT2D eigenvalue weighted by atomic mass is 19.1. The summed E-state index contributed by atoms with van der Waals surface area (Å²) in [6, 6.07) is 9.93. The number of allylic oxidation sites excluding steroid dienone is 3. The van der Waals surface area contributed by atoms with Crippen molar-refractivity contribution in [3.05, 3.63) is 82.7 Å². The maximum Gasteiger partial charge on any atom is 0.252 e. The zero-order valence-electron chi connectivity index (χ0n) is 19.8. The van der Waals surface area contributed by atoms with Crippen LogP contribution in [0.15, 0.2) is 64.9 Å². The van der Waals surface area contributed by atoms with E-state index in [0.29, 0.717) is 23.3 Å². The molecule has 34 heavy (non-hydrogen) atoms. The molecular formula is C28H31FN4O. The van der Waals surface area contributed by atoms with E-state index >= 15 is 0 Å². The third-order valence-corrected chi connectivity index (χ3v) is 7.72. The number of carbonyl (C=O) groups excluding carboxylic acids is 1. The molecule has 1 N–H and O–H groups in total. The van der Waals surface area contributed by atoms with Crippen LogP contribution in [-0.2, 0) is 5.54 Å². The van der Waals surface area contributed by atoms with Gasteiger partial charge < -0.3 is 10.2 Å². The van der Waals surface area contributed by atoms with Crippen LogP contribution in [-0.4, -0.2) is 23.1 Å². The summed E-state index contributed by atoms with van der Waals surface area (Å²) in [6.07, 6.45) is 7.27. The molecule has 2 saturated carbocycles. The molecule has 3 heterocycles. The lowest BCUT2D eigenvalue weighted by molar-refractivity contribution is 0.0926. The minimum absolute atomic E-state index is 0. The molecule has 6 rings (SSSR count). The average Bonchev–Trinajstić information content (AvgIpc) is 3.72. The molecule has 4 atom stereocenters. The number of nitrogens with one attached hydrogen (secondary N) is 1. The number of fused-ring (bicyclic) bond motifs is 3. The molecule has 1 aromatic carbocycles. The molecule has 176 valence electrons. The quantitative estimate of drug-likeness (QED) is 0.639. The van der Waals surface area contributed by atoms with E-state index in [1.165, 1.54) is 29.8 Å². The zero-order valence-corrected chi connectivity index (χ0v) is 19.8. The number of halogens is 1. The Hall–Kier alpha value is -3.28. The van der Waals surface area contributed by atoms with Crippen LogP contribution in [0, 0.1) is 17.7 Å². The van der Waals surface area contributed by atoms with Crippen molar-refractivity contribution in [1.82, 2.24) is 10.3 Å². The third-order valence-electron chi connectivity index (χ3n) is 7.72. The summed E-state index contributed by atoms with van der Waals surface area (Å²) < 4.78 is 13.3. The van der Waals surface area contributed by atoms with E-state index in [-0.39, 0.29) is 13.2 Å². The molecule has 6 heteroatoms. The Morgan fingerprint density at radius 3 is 2.71 bits per heavy atom. The number of nitrogens with zero attached hydrogens (tertiary/aromatic N) is 3. The van der Waals surface area contributed by atoms with Crippen LogP contribution in [0.25, 0.3) is 0 Å². The van der Waals surface area contributed by atoms with E-state index in [0.717, 1.165) is 54.4 Å². The second kappa shape index (κ2) is 7.62. The SMILES string of the molecule is CC1=CC(C)=NC(N2C[C@H]3C[C@H]3c3nc([C@@]4(NC(=O)c5ccc(F)cc5)C[C@H]4C)ccc32)=CC1.[HH]. The van der Waals surface area contributed by atoms with E-state index < -0.39 is 5.54 Å². The number of aliphatic imine (C=N–C) groups is 1. The summed E-state index contributed by atoms with van der Waals surface area (Å²) in [5, 5.41) is 3.22. The van der Waals surface area contributed by atoms with Gasteiger partial charge in [0.25, 0.3) is 5.91 Å². The number of hydrogen-bond acceptors (Lipinski definition) is 4. The number of rotatable bonds is 4. The van der Waals surface area contributed by atoms with Gasteiger partial charge in [-0.15, -0.1) is 0 Å². The smallest absolute Gasteiger partial charge is 0.252 e. The number of carbonyl (C=O) groups is 1. The van der Waals surface area contributed by atoms with Crippen LogP contribution < -0.4 is 10.2 Å². The number of hydrogen-bond donors (Lipinski definition) is 1. The summed E-state index contributed by atoms with van der Waals surface area (Å²) in [6.45, 7) is 7.31. The molecule has 0 bridgehead atoms. The van der Waals surface area contributed by atoms with Gasteiger partial charge in [0.15, 0.2) is 0 Å². The second-order valence-electron chi connectivity index (χ2n) is 10.4. The number of pyridine rings is 1. The average molecular weight is 459 g/mol. The van der Waals surface area contributed by atoms with Crippen molar-refractivity contribution < 1.29 is 10.6 Å². The molecule has 0 radical (unpaired) electrons. The van der Waals surface area contributed by atoms with Crippen LogP contribution in [0.3, 0.4) is 0 Å². The molecule has 0 saturated heterocycles. The van der Waals surface area contributed by atoms with Gasteiger partial charge >= 0.3 is 0 Å². The fraction of sp³-hybridized carbons (Fsp3) is 0.393. The molecule has 0 unspecified atom stereocenters.